The quantitative estimate of drug-likeness (QED) is 0.674. The minimum Gasteiger partial charge on any atom is -0.481 e. The average Bonchev–Trinajstić information content (AvgIpc) is 2.49. The number of aryl methyl sites for hydroxylation is 1. The predicted molar refractivity (Wildman–Crippen MR) is 44.9 cm³/mol. The molecule has 6 nitrogen and oxygen atoms in total. The Labute approximate surface area is 75.4 Å². The van der Waals surface area contributed by atoms with Crippen LogP contribution in [0.2, 0.25) is 0 Å². The van der Waals surface area contributed by atoms with Gasteiger partial charge in [0, 0.05) is 6.54 Å². The smallest absolute Gasteiger partial charge is 0.305 e. The summed E-state index contributed by atoms with van der Waals surface area (Å²) in [7, 11) is 0. The fourth-order valence-electron chi connectivity index (χ4n) is 1.08. The first-order valence-corrected chi connectivity index (χ1v) is 4.00. The van der Waals surface area contributed by atoms with Crippen molar-refractivity contribution < 1.29 is 9.90 Å². The van der Waals surface area contributed by atoms with Crippen LogP contribution in [0.15, 0.2) is 6.33 Å². The van der Waals surface area contributed by atoms with E-state index in [0.29, 0.717) is 12.4 Å². The van der Waals surface area contributed by atoms with Crippen LogP contribution in [0.25, 0.3) is 0 Å². The zero-order valence-corrected chi connectivity index (χ0v) is 7.34. The third kappa shape index (κ3) is 2.25. The Morgan fingerprint density at radius 2 is 2.54 bits per heavy atom. The van der Waals surface area contributed by atoms with Gasteiger partial charge in [0.2, 0.25) is 0 Å². The lowest BCUT2D eigenvalue weighted by Gasteiger charge is -2.08. The first-order chi connectivity index (χ1) is 6.15. The molecule has 6 heteroatoms. The Bertz CT molecular complexity index is 296. The lowest BCUT2D eigenvalue weighted by atomic mass is 10.2. The molecule has 0 spiro atoms. The van der Waals surface area contributed by atoms with Crippen molar-refractivity contribution in [2.75, 3.05) is 0 Å². The van der Waals surface area contributed by atoms with Crippen molar-refractivity contribution in [3.05, 3.63) is 12.2 Å². The highest BCUT2D eigenvalue weighted by atomic mass is 16.4. The molecular formula is C7H12N4O2. The molecule has 0 radical (unpaired) electrons. The normalized spacial score (nSPS) is 12.8. The molecule has 1 heterocycles. The summed E-state index contributed by atoms with van der Waals surface area (Å²) in [6, 6.07) is -0.583. The van der Waals surface area contributed by atoms with Gasteiger partial charge in [-0.25, -0.2) is 9.67 Å². The van der Waals surface area contributed by atoms with Crippen LogP contribution in [0, 0.1) is 0 Å². The highest BCUT2D eigenvalue weighted by Crippen LogP contribution is 2.09. The van der Waals surface area contributed by atoms with Crippen LogP contribution < -0.4 is 5.73 Å². The fraction of sp³-hybridized carbons (Fsp3) is 0.571. The molecule has 13 heavy (non-hydrogen) atoms. The van der Waals surface area contributed by atoms with E-state index in [1.54, 1.807) is 4.68 Å². The number of aromatic nitrogens is 3. The molecule has 72 valence electrons. The molecule has 1 unspecified atom stereocenters. The predicted octanol–water partition coefficient (Wildman–Crippen LogP) is -0.228. The Kier molecular flexibility index (Phi) is 2.97. The number of rotatable bonds is 4. The fourth-order valence-corrected chi connectivity index (χ4v) is 1.08. The molecule has 1 rings (SSSR count). The lowest BCUT2D eigenvalue weighted by Crippen LogP contribution is -2.20. The SMILES string of the molecule is CCn1ncnc1C(N)CC(=O)O. The second-order valence-electron chi connectivity index (χ2n) is 2.64. The van der Waals surface area contributed by atoms with Gasteiger partial charge >= 0.3 is 5.97 Å². The number of carbonyl (C=O) groups is 1. The van der Waals surface area contributed by atoms with Crippen LogP contribution >= 0.6 is 0 Å². The highest BCUT2D eigenvalue weighted by molar-refractivity contribution is 5.67. The van der Waals surface area contributed by atoms with Gasteiger partial charge in [0.15, 0.2) is 0 Å². The molecule has 1 atom stereocenters. The molecule has 0 aliphatic heterocycles. The van der Waals surface area contributed by atoms with Crippen LogP contribution in [-0.2, 0) is 11.3 Å². The number of hydrogen-bond donors (Lipinski definition) is 2. The van der Waals surface area contributed by atoms with E-state index < -0.39 is 12.0 Å². The molecule has 0 bridgehead atoms. The zero-order chi connectivity index (χ0) is 9.84. The molecule has 0 aromatic carbocycles. The number of carboxylic acids is 1. The van der Waals surface area contributed by atoms with Crippen LogP contribution in [0.5, 0.6) is 0 Å². The zero-order valence-electron chi connectivity index (χ0n) is 7.34. The van der Waals surface area contributed by atoms with Crippen LogP contribution in [0.3, 0.4) is 0 Å². The topological polar surface area (TPSA) is 94.0 Å². The molecule has 1 aromatic rings. The Morgan fingerprint density at radius 1 is 1.85 bits per heavy atom. The standard InChI is InChI=1S/C7H12N4O2/c1-2-11-7(9-4-10-11)5(8)3-6(12)13/h4-5H,2-3,8H2,1H3,(H,12,13). The Balaban J connectivity index is 2.75. The number of aliphatic carboxylic acids is 1. The average molecular weight is 184 g/mol. The summed E-state index contributed by atoms with van der Waals surface area (Å²) in [5.74, 6) is -0.414. The van der Waals surface area contributed by atoms with Crippen molar-refractivity contribution in [3.63, 3.8) is 0 Å². The molecule has 0 saturated carbocycles. The van der Waals surface area contributed by atoms with Gasteiger partial charge in [0.25, 0.3) is 0 Å². The van der Waals surface area contributed by atoms with Gasteiger partial charge in [-0.1, -0.05) is 0 Å². The van der Waals surface area contributed by atoms with Gasteiger partial charge in [-0.05, 0) is 6.92 Å². The minimum atomic E-state index is -0.932. The maximum Gasteiger partial charge on any atom is 0.305 e. The van der Waals surface area contributed by atoms with Gasteiger partial charge in [0.1, 0.15) is 12.2 Å². The summed E-state index contributed by atoms with van der Waals surface area (Å²) in [5.41, 5.74) is 5.61. The minimum absolute atomic E-state index is 0.126. The summed E-state index contributed by atoms with van der Waals surface area (Å²) in [4.78, 5) is 14.3. The maximum absolute atomic E-state index is 10.4. The van der Waals surface area contributed by atoms with Gasteiger partial charge in [-0.15, -0.1) is 0 Å². The summed E-state index contributed by atoms with van der Waals surface area (Å²) in [6.07, 6.45) is 1.25. The van der Waals surface area contributed by atoms with E-state index in [2.05, 4.69) is 10.1 Å². The number of nitrogens with two attached hydrogens (primary N) is 1. The molecule has 3 N–H and O–H groups in total. The van der Waals surface area contributed by atoms with Crippen molar-refractivity contribution in [1.29, 1.82) is 0 Å². The monoisotopic (exact) mass is 184 g/mol. The summed E-state index contributed by atoms with van der Waals surface area (Å²) in [6.45, 7) is 2.54. The number of hydrogen-bond acceptors (Lipinski definition) is 4. The van der Waals surface area contributed by atoms with E-state index in [1.165, 1.54) is 6.33 Å². The maximum atomic E-state index is 10.4. The van der Waals surface area contributed by atoms with Gasteiger partial charge in [-0.3, -0.25) is 4.79 Å². The Hall–Kier alpha value is -1.43. The summed E-state index contributed by atoms with van der Waals surface area (Å²) < 4.78 is 1.59. The van der Waals surface area contributed by atoms with E-state index in [9.17, 15) is 4.79 Å². The van der Waals surface area contributed by atoms with Crippen molar-refractivity contribution in [2.45, 2.75) is 25.9 Å². The van der Waals surface area contributed by atoms with Gasteiger partial charge < -0.3 is 10.8 Å². The summed E-state index contributed by atoms with van der Waals surface area (Å²) >= 11 is 0. The highest BCUT2D eigenvalue weighted by Gasteiger charge is 2.15. The van der Waals surface area contributed by atoms with E-state index in [-0.39, 0.29) is 6.42 Å². The van der Waals surface area contributed by atoms with Crippen molar-refractivity contribution in [3.8, 4) is 0 Å². The number of nitrogens with zero attached hydrogens (tertiary/aromatic N) is 3. The molecule has 0 aliphatic carbocycles. The van der Waals surface area contributed by atoms with E-state index in [4.69, 9.17) is 10.8 Å². The van der Waals surface area contributed by atoms with E-state index in [1.807, 2.05) is 6.92 Å². The molecule has 0 fully saturated rings. The molecular weight excluding hydrogens is 172 g/mol. The van der Waals surface area contributed by atoms with Crippen molar-refractivity contribution in [1.82, 2.24) is 14.8 Å². The second-order valence-corrected chi connectivity index (χ2v) is 2.64. The van der Waals surface area contributed by atoms with Crippen LogP contribution in [0.4, 0.5) is 0 Å². The van der Waals surface area contributed by atoms with Gasteiger partial charge in [0.05, 0.1) is 12.5 Å². The van der Waals surface area contributed by atoms with Gasteiger partial charge in [-0.2, -0.15) is 5.10 Å². The van der Waals surface area contributed by atoms with E-state index in [0.717, 1.165) is 0 Å². The third-order valence-corrected chi connectivity index (χ3v) is 1.67. The van der Waals surface area contributed by atoms with E-state index >= 15 is 0 Å². The first-order valence-electron chi connectivity index (χ1n) is 4.00. The molecule has 0 saturated heterocycles. The van der Waals surface area contributed by atoms with Crippen molar-refractivity contribution in [2.24, 2.45) is 5.73 Å². The number of carboxylic acid groups (broad SMARTS) is 1. The third-order valence-electron chi connectivity index (χ3n) is 1.67. The molecule has 0 amide bonds. The summed E-state index contributed by atoms with van der Waals surface area (Å²) in [5, 5.41) is 12.4. The molecule has 0 aliphatic rings. The Morgan fingerprint density at radius 3 is 3.08 bits per heavy atom. The first kappa shape index (κ1) is 9.66. The lowest BCUT2D eigenvalue weighted by molar-refractivity contribution is -0.137. The van der Waals surface area contributed by atoms with Crippen LogP contribution in [0.1, 0.15) is 25.2 Å². The largest absolute Gasteiger partial charge is 0.481 e. The van der Waals surface area contributed by atoms with Crippen LogP contribution in [-0.4, -0.2) is 25.8 Å². The second kappa shape index (κ2) is 3.99. The molecule has 1 aromatic heterocycles. The van der Waals surface area contributed by atoms with Crippen molar-refractivity contribution >= 4 is 5.97 Å².